The fourth-order valence-electron chi connectivity index (χ4n) is 3.23. The maximum atomic E-state index is 14.6. The van der Waals surface area contributed by atoms with Crippen molar-refractivity contribution in [1.82, 2.24) is 4.98 Å². The molecule has 0 aliphatic carbocycles. The first-order valence-corrected chi connectivity index (χ1v) is 8.34. The van der Waals surface area contributed by atoms with Gasteiger partial charge in [0.15, 0.2) is 5.54 Å². The Morgan fingerprint density at radius 3 is 2.70 bits per heavy atom. The molecule has 1 aromatic heterocycles. The molecule has 0 spiro atoms. The largest absolute Gasteiger partial charge is 0.462 e. The first-order valence-electron chi connectivity index (χ1n) is 8.34. The zero-order valence-corrected chi connectivity index (χ0v) is 14.8. The predicted molar refractivity (Wildman–Crippen MR) is 96.7 cm³/mol. The molecule has 0 bridgehead atoms. The van der Waals surface area contributed by atoms with Crippen LogP contribution >= 0.6 is 0 Å². The second-order valence-corrected chi connectivity index (χ2v) is 6.34. The summed E-state index contributed by atoms with van der Waals surface area (Å²) in [6.45, 7) is 3.29. The van der Waals surface area contributed by atoms with Crippen LogP contribution in [0.1, 0.15) is 31.4 Å². The Balaban J connectivity index is 2.16. The quantitative estimate of drug-likeness (QED) is 0.832. The molecule has 1 aliphatic heterocycles. The molecule has 0 saturated heterocycles. The summed E-state index contributed by atoms with van der Waals surface area (Å²) in [6, 6.07) is 5.42. The number of benzene rings is 1. The Bertz CT molecular complexity index is 949. The van der Waals surface area contributed by atoms with Gasteiger partial charge in [-0.25, -0.2) is 18.2 Å². The van der Waals surface area contributed by atoms with Crippen LogP contribution in [0, 0.1) is 17.7 Å². The monoisotopic (exact) mass is 373 g/mol. The van der Waals surface area contributed by atoms with Gasteiger partial charge in [0, 0.05) is 35.5 Å². The molecule has 4 nitrogen and oxygen atoms in total. The van der Waals surface area contributed by atoms with Crippen LogP contribution in [0.25, 0.3) is 11.1 Å². The Morgan fingerprint density at radius 1 is 1.26 bits per heavy atom. The van der Waals surface area contributed by atoms with Gasteiger partial charge in [-0.1, -0.05) is 12.0 Å². The molecule has 0 unspecified atom stereocenters. The minimum absolute atomic E-state index is 0.189. The zero-order valence-electron chi connectivity index (χ0n) is 14.8. The van der Waals surface area contributed by atoms with Crippen LogP contribution in [-0.2, 0) is 10.3 Å². The van der Waals surface area contributed by atoms with Crippen molar-refractivity contribution in [3.8, 4) is 23.0 Å². The lowest BCUT2D eigenvalue weighted by atomic mass is 9.83. The van der Waals surface area contributed by atoms with Gasteiger partial charge in [0.2, 0.25) is 0 Å². The SMILES string of the molecule is CC#Cc1cncc(-c2ccc(F)c([C@@]3(C(F)F)C[C@@H](C)OC(N)=N3)c2)c1. The average Bonchev–Trinajstić information content (AvgIpc) is 2.61. The molecule has 0 radical (unpaired) electrons. The molecule has 0 fully saturated rings. The van der Waals surface area contributed by atoms with Crippen LogP contribution in [0.3, 0.4) is 0 Å². The van der Waals surface area contributed by atoms with E-state index < -0.39 is 23.9 Å². The number of pyridine rings is 1. The number of rotatable bonds is 3. The summed E-state index contributed by atoms with van der Waals surface area (Å²) in [5, 5.41) is 0. The Kier molecular flexibility index (Phi) is 5.08. The lowest BCUT2D eigenvalue weighted by Crippen LogP contribution is -2.44. The normalized spacial score (nSPS) is 21.9. The fourth-order valence-corrected chi connectivity index (χ4v) is 3.23. The molecule has 1 aliphatic rings. The summed E-state index contributed by atoms with van der Waals surface area (Å²) in [4.78, 5) is 7.93. The summed E-state index contributed by atoms with van der Waals surface area (Å²) in [7, 11) is 0. The van der Waals surface area contributed by atoms with E-state index in [0.717, 1.165) is 6.07 Å². The highest BCUT2D eigenvalue weighted by atomic mass is 19.3. The van der Waals surface area contributed by atoms with E-state index in [9.17, 15) is 13.2 Å². The van der Waals surface area contributed by atoms with E-state index >= 15 is 0 Å². The van der Waals surface area contributed by atoms with Gasteiger partial charge in [0.05, 0.1) is 0 Å². The van der Waals surface area contributed by atoms with Gasteiger partial charge in [-0.2, -0.15) is 0 Å². The Hall–Kier alpha value is -3.01. The predicted octanol–water partition coefficient (Wildman–Crippen LogP) is 3.84. The molecule has 2 aromatic rings. The maximum absolute atomic E-state index is 14.6. The molecular weight excluding hydrogens is 355 g/mol. The lowest BCUT2D eigenvalue weighted by molar-refractivity contribution is 0.00526. The van der Waals surface area contributed by atoms with Crippen LogP contribution in [0.4, 0.5) is 13.2 Å². The molecule has 2 N–H and O–H groups in total. The first kappa shape index (κ1) is 18.8. The highest BCUT2D eigenvalue weighted by Crippen LogP contribution is 2.42. The topological polar surface area (TPSA) is 60.5 Å². The lowest BCUT2D eigenvalue weighted by Gasteiger charge is -2.36. The highest BCUT2D eigenvalue weighted by molar-refractivity contribution is 5.73. The second kappa shape index (κ2) is 7.31. The van der Waals surface area contributed by atoms with Crippen LogP contribution in [0.5, 0.6) is 0 Å². The fraction of sp³-hybridized carbons (Fsp3) is 0.300. The number of nitrogens with two attached hydrogens (primary N) is 1. The minimum Gasteiger partial charge on any atom is -0.462 e. The number of nitrogens with zero attached hydrogens (tertiary/aromatic N) is 2. The summed E-state index contributed by atoms with van der Waals surface area (Å²) in [5.41, 5.74) is 5.10. The summed E-state index contributed by atoms with van der Waals surface area (Å²) in [5.74, 6) is 4.88. The molecule has 2 atom stereocenters. The van der Waals surface area contributed by atoms with E-state index in [1.54, 1.807) is 32.3 Å². The molecule has 2 heterocycles. The number of aromatic nitrogens is 1. The van der Waals surface area contributed by atoms with Gasteiger partial charge in [-0.05, 0) is 37.6 Å². The Labute approximate surface area is 155 Å². The van der Waals surface area contributed by atoms with Crippen LogP contribution in [0.15, 0.2) is 41.7 Å². The van der Waals surface area contributed by atoms with Crippen LogP contribution < -0.4 is 5.73 Å². The van der Waals surface area contributed by atoms with Crippen LogP contribution in [0.2, 0.25) is 0 Å². The van der Waals surface area contributed by atoms with E-state index in [0.29, 0.717) is 16.7 Å². The molecule has 27 heavy (non-hydrogen) atoms. The summed E-state index contributed by atoms with van der Waals surface area (Å²) in [6.07, 6.45) is -0.606. The van der Waals surface area contributed by atoms with Crippen molar-refractivity contribution in [3.63, 3.8) is 0 Å². The molecule has 0 saturated carbocycles. The van der Waals surface area contributed by atoms with Gasteiger partial charge >= 0.3 is 0 Å². The second-order valence-electron chi connectivity index (χ2n) is 6.34. The highest BCUT2D eigenvalue weighted by Gasteiger charge is 2.48. The maximum Gasteiger partial charge on any atom is 0.283 e. The molecular formula is C20H18F3N3O. The van der Waals surface area contributed by atoms with Crippen molar-refractivity contribution >= 4 is 6.02 Å². The Morgan fingerprint density at radius 2 is 2.04 bits per heavy atom. The molecule has 7 heteroatoms. The van der Waals surface area contributed by atoms with E-state index in [1.807, 2.05) is 0 Å². The number of amidine groups is 1. The molecule has 3 rings (SSSR count). The van der Waals surface area contributed by atoms with Crippen molar-refractivity contribution in [1.29, 1.82) is 0 Å². The van der Waals surface area contributed by atoms with Gasteiger partial charge in [0.1, 0.15) is 11.9 Å². The zero-order chi connectivity index (χ0) is 19.6. The number of alkyl halides is 2. The van der Waals surface area contributed by atoms with E-state index in [-0.39, 0.29) is 18.0 Å². The molecule has 140 valence electrons. The minimum atomic E-state index is -2.96. The summed E-state index contributed by atoms with van der Waals surface area (Å²) >= 11 is 0. The molecule has 1 aromatic carbocycles. The van der Waals surface area contributed by atoms with Gasteiger partial charge in [0.25, 0.3) is 12.4 Å². The van der Waals surface area contributed by atoms with Crippen molar-refractivity contribution in [3.05, 3.63) is 53.6 Å². The third kappa shape index (κ3) is 3.61. The van der Waals surface area contributed by atoms with Crippen LogP contribution in [-0.4, -0.2) is 23.5 Å². The van der Waals surface area contributed by atoms with Crippen molar-refractivity contribution in [2.75, 3.05) is 0 Å². The van der Waals surface area contributed by atoms with E-state index in [1.165, 1.54) is 12.1 Å². The van der Waals surface area contributed by atoms with Gasteiger partial charge < -0.3 is 10.5 Å². The number of hydrogen-bond acceptors (Lipinski definition) is 4. The van der Waals surface area contributed by atoms with E-state index in [4.69, 9.17) is 10.5 Å². The van der Waals surface area contributed by atoms with Crippen molar-refractivity contribution in [2.24, 2.45) is 10.7 Å². The number of ether oxygens (including phenoxy) is 1. The van der Waals surface area contributed by atoms with Gasteiger partial charge in [-0.15, -0.1) is 5.92 Å². The van der Waals surface area contributed by atoms with E-state index in [2.05, 4.69) is 21.8 Å². The van der Waals surface area contributed by atoms with Gasteiger partial charge in [-0.3, -0.25) is 4.98 Å². The third-order valence-electron chi connectivity index (χ3n) is 4.36. The number of halogens is 3. The molecule has 0 amide bonds. The third-order valence-corrected chi connectivity index (χ3v) is 4.36. The first-order chi connectivity index (χ1) is 12.9. The smallest absolute Gasteiger partial charge is 0.283 e. The average molecular weight is 373 g/mol. The van der Waals surface area contributed by atoms with Crippen molar-refractivity contribution < 1.29 is 17.9 Å². The number of hydrogen-bond donors (Lipinski definition) is 1. The standard InChI is InChI=1S/C20H18F3N3O/c1-3-4-13-7-15(11-25-10-13)14-5-6-17(21)16(8-14)20(18(22)23)9-12(2)27-19(24)26-20/h5-8,10-12,18H,9H2,1-2H3,(H2,24,26)/t12-,20-/m1/s1. The number of aliphatic imine (C=N–C) groups is 1. The summed E-state index contributed by atoms with van der Waals surface area (Å²) < 4.78 is 47.9. The van der Waals surface area contributed by atoms with Crippen molar-refractivity contribution in [2.45, 2.75) is 38.3 Å².